The molecule has 4 aliphatic carbocycles. The summed E-state index contributed by atoms with van der Waals surface area (Å²) in [4.78, 5) is 0. The Morgan fingerprint density at radius 1 is 0.731 bits per heavy atom. The van der Waals surface area contributed by atoms with Crippen molar-refractivity contribution >= 4 is 11.1 Å². The van der Waals surface area contributed by atoms with E-state index in [-0.39, 0.29) is 5.41 Å². The third-order valence-electron chi connectivity index (χ3n) is 6.78. The number of hydrogen-bond donors (Lipinski definition) is 0. The summed E-state index contributed by atoms with van der Waals surface area (Å²) in [7, 11) is 0. The Bertz CT molecular complexity index is 1090. The Kier molecular flexibility index (Phi) is 2.79. The predicted octanol–water partition coefficient (Wildman–Crippen LogP) is 6.52. The summed E-state index contributed by atoms with van der Waals surface area (Å²) >= 11 is 0. The van der Waals surface area contributed by atoms with Crippen LogP contribution in [-0.2, 0) is 5.41 Å². The first kappa shape index (κ1) is 14.6. The maximum atomic E-state index is 2.44. The van der Waals surface area contributed by atoms with E-state index in [1.54, 1.807) is 11.1 Å². The Labute approximate surface area is 155 Å². The Morgan fingerprint density at radius 3 is 2.27 bits per heavy atom. The first-order valence-electron chi connectivity index (χ1n) is 9.84. The van der Waals surface area contributed by atoms with E-state index in [9.17, 15) is 0 Å². The van der Waals surface area contributed by atoms with E-state index in [4.69, 9.17) is 0 Å². The van der Waals surface area contributed by atoms with Crippen LogP contribution in [0.3, 0.4) is 0 Å². The molecule has 0 aliphatic heterocycles. The highest BCUT2D eigenvalue weighted by atomic mass is 14.5. The maximum absolute atomic E-state index is 2.44. The number of benzene rings is 2. The van der Waals surface area contributed by atoms with E-state index >= 15 is 0 Å². The molecule has 2 aromatic carbocycles. The van der Waals surface area contributed by atoms with Crippen LogP contribution in [0.5, 0.6) is 0 Å². The zero-order chi connectivity index (χ0) is 17.3. The number of aryl methyl sites for hydroxylation is 1. The van der Waals surface area contributed by atoms with Gasteiger partial charge in [0.25, 0.3) is 0 Å². The molecule has 0 saturated carbocycles. The largest absolute Gasteiger partial charge is 0.0839 e. The van der Waals surface area contributed by atoms with Gasteiger partial charge >= 0.3 is 0 Å². The average Bonchev–Trinajstić information content (AvgIpc) is 3.16. The number of hydrogen-bond acceptors (Lipinski definition) is 0. The molecule has 0 heterocycles. The Morgan fingerprint density at radius 2 is 1.42 bits per heavy atom. The van der Waals surface area contributed by atoms with Crippen LogP contribution >= 0.6 is 0 Å². The molecular weight excluding hydrogens is 312 g/mol. The second-order valence-electron chi connectivity index (χ2n) is 7.96. The highest BCUT2D eigenvalue weighted by Gasteiger charge is 2.53. The van der Waals surface area contributed by atoms with Crippen LogP contribution in [-0.4, -0.2) is 0 Å². The summed E-state index contributed by atoms with van der Waals surface area (Å²) in [6.07, 6.45) is 14.3. The van der Waals surface area contributed by atoms with Crippen LogP contribution in [0.15, 0.2) is 77.9 Å². The van der Waals surface area contributed by atoms with E-state index < -0.39 is 0 Å². The molecule has 0 amide bonds. The number of rotatable bonds is 0. The average molecular weight is 334 g/mol. The molecule has 2 aromatic rings. The summed E-state index contributed by atoms with van der Waals surface area (Å²) in [5.74, 6) is 0. The van der Waals surface area contributed by atoms with Gasteiger partial charge in [-0.2, -0.15) is 0 Å². The minimum atomic E-state index is -0.0869. The van der Waals surface area contributed by atoms with E-state index in [0.717, 1.165) is 19.3 Å². The first-order chi connectivity index (χ1) is 12.8. The van der Waals surface area contributed by atoms with Gasteiger partial charge in [-0.1, -0.05) is 66.8 Å². The molecule has 1 spiro atoms. The summed E-state index contributed by atoms with van der Waals surface area (Å²) in [5, 5.41) is 0. The molecule has 0 bridgehead atoms. The van der Waals surface area contributed by atoms with Gasteiger partial charge in [0.05, 0.1) is 5.41 Å². The molecule has 0 radical (unpaired) electrons. The van der Waals surface area contributed by atoms with Crippen LogP contribution in [0.4, 0.5) is 0 Å². The number of allylic oxidation sites excluding steroid dienone is 8. The van der Waals surface area contributed by atoms with Gasteiger partial charge in [-0.15, -0.1) is 0 Å². The molecule has 126 valence electrons. The molecule has 1 atom stereocenters. The fraction of sp³-hybridized carbons (Fsp3) is 0.231. The van der Waals surface area contributed by atoms with Gasteiger partial charge in [-0.3, -0.25) is 0 Å². The van der Waals surface area contributed by atoms with Crippen molar-refractivity contribution in [1.29, 1.82) is 0 Å². The maximum Gasteiger partial charge on any atom is 0.0718 e. The van der Waals surface area contributed by atoms with Crippen LogP contribution in [0, 0.1) is 6.92 Å². The fourth-order valence-corrected chi connectivity index (χ4v) is 5.89. The SMILES string of the molecule is Cc1cccc2c1C1=C(C=CCC1)C21C2=C(CCC=C2)c2ccccc21. The second-order valence-corrected chi connectivity index (χ2v) is 7.96. The topological polar surface area (TPSA) is 0 Å². The van der Waals surface area contributed by atoms with Crippen LogP contribution < -0.4 is 0 Å². The van der Waals surface area contributed by atoms with Gasteiger partial charge in [0.1, 0.15) is 0 Å². The summed E-state index contributed by atoms with van der Waals surface area (Å²) < 4.78 is 0. The summed E-state index contributed by atoms with van der Waals surface area (Å²) in [6, 6.07) is 16.1. The number of fused-ring (bicyclic) bond motifs is 8. The third kappa shape index (κ3) is 1.53. The Hall–Kier alpha value is -2.60. The van der Waals surface area contributed by atoms with Crippen molar-refractivity contribution in [2.24, 2.45) is 0 Å². The van der Waals surface area contributed by atoms with E-state index in [1.807, 2.05) is 0 Å². The standard InChI is InChI=1S/C26H22/c1-17-9-8-16-24-25(17)20-12-4-7-15-23(20)26(24)21-13-5-2-10-18(21)19-11-3-6-14-22(19)26/h2,5-10,13-16H,3-4,11-12H2,1H3. The van der Waals surface area contributed by atoms with Crippen molar-refractivity contribution in [1.82, 2.24) is 0 Å². The van der Waals surface area contributed by atoms with Crippen molar-refractivity contribution in [3.05, 3.63) is 106 Å². The zero-order valence-corrected chi connectivity index (χ0v) is 15.2. The molecule has 4 aliphatic rings. The quantitative estimate of drug-likeness (QED) is 0.515. The van der Waals surface area contributed by atoms with E-state index in [2.05, 4.69) is 73.7 Å². The van der Waals surface area contributed by atoms with Crippen molar-refractivity contribution in [2.75, 3.05) is 0 Å². The summed E-state index contributed by atoms with van der Waals surface area (Å²) in [5.41, 5.74) is 13.6. The molecular formula is C26H22. The van der Waals surface area contributed by atoms with Crippen molar-refractivity contribution in [2.45, 2.75) is 38.0 Å². The van der Waals surface area contributed by atoms with Gasteiger partial charge in [-0.25, -0.2) is 0 Å². The highest BCUT2D eigenvalue weighted by molar-refractivity contribution is 5.97. The molecule has 0 heteroatoms. The minimum Gasteiger partial charge on any atom is -0.0839 e. The van der Waals surface area contributed by atoms with Crippen molar-refractivity contribution in [3.8, 4) is 0 Å². The predicted molar refractivity (Wildman–Crippen MR) is 109 cm³/mol. The third-order valence-corrected chi connectivity index (χ3v) is 6.78. The van der Waals surface area contributed by atoms with Crippen LogP contribution in [0.2, 0.25) is 0 Å². The molecule has 26 heavy (non-hydrogen) atoms. The van der Waals surface area contributed by atoms with Crippen LogP contribution in [0.1, 0.15) is 53.5 Å². The molecule has 0 nitrogen and oxygen atoms in total. The lowest BCUT2D eigenvalue weighted by molar-refractivity contribution is 0.767. The second kappa shape index (κ2) is 4.98. The molecule has 0 fully saturated rings. The molecule has 0 N–H and O–H groups in total. The van der Waals surface area contributed by atoms with E-state index in [0.29, 0.717) is 0 Å². The lowest BCUT2D eigenvalue weighted by Crippen LogP contribution is -2.28. The summed E-state index contributed by atoms with van der Waals surface area (Å²) in [6.45, 7) is 2.29. The lowest BCUT2D eigenvalue weighted by Gasteiger charge is -2.33. The van der Waals surface area contributed by atoms with Crippen LogP contribution in [0.25, 0.3) is 11.1 Å². The van der Waals surface area contributed by atoms with Gasteiger partial charge < -0.3 is 0 Å². The smallest absolute Gasteiger partial charge is 0.0718 e. The fourth-order valence-electron chi connectivity index (χ4n) is 5.89. The van der Waals surface area contributed by atoms with Gasteiger partial charge in [0.15, 0.2) is 0 Å². The molecule has 0 aromatic heterocycles. The molecule has 0 saturated heterocycles. The normalized spacial score (nSPS) is 24.8. The van der Waals surface area contributed by atoms with Gasteiger partial charge in [0.2, 0.25) is 0 Å². The molecule has 1 unspecified atom stereocenters. The first-order valence-corrected chi connectivity index (χ1v) is 9.84. The highest BCUT2D eigenvalue weighted by Crippen LogP contribution is 2.64. The van der Waals surface area contributed by atoms with Crippen molar-refractivity contribution < 1.29 is 0 Å². The van der Waals surface area contributed by atoms with Crippen molar-refractivity contribution in [3.63, 3.8) is 0 Å². The van der Waals surface area contributed by atoms with E-state index in [1.165, 1.54) is 45.4 Å². The minimum absolute atomic E-state index is 0.0869. The Balaban J connectivity index is 1.82. The van der Waals surface area contributed by atoms with Gasteiger partial charge in [0, 0.05) is 0 Å². The molecule has 6 rings (SSSR count). The van der Waals surface area contributed by atoms with Gasteiger partial charge in [-0.05, 0) is 82.7 Å². The monoisotopic (exact) mass is 334 g/mol. The zero-order valence-electron chi connectivity index (χ0n) is 15.2. The lowest BCUT2D eigenvalue weighted by atomic mass is 9.67.